The topological polar surface area (TPSA) is 116 Å². The minimum absolute atomic E-state index is 0.0732. The third-order valence-electron chi connectivity index (χ3n) is 6.07. The number of hydrogen-bond donors (Lipinski definition) is 3. The van der Waals surface area contributed by atoms with Crippen LogP contribution in [0.15, 0.2) is 35.0 Å². The molecule has 3 N–H and O–H groups in total. The molecule has 3 aromatic rings. The van der Waals surface area contributed by atoms with Crippen molar-refractivity contribution in [2.45, 2.75) is 59.5 Å². The molecule has 0 spiro atoms. The van der Waals surface area contributed by atoms with E-state index in [1.54, 1.807) is 36.0 Å². The molecule has 1 aromatic carbocycles. The largest absolute Gasteiger partial charge is 0.373 e. The monoisotopic (exact) mass is 509 g/mol. The summed E-state index contributed by atoms with van der Waals surface area (Å²) in [5, 5.41) is 11.9. The highest BCUT2D eigenvalue weighted by Gasteiger charge is 2.34. The van der Waals surface area contributed by atoms with Gasteiger partial charge in [-0.3, -0.25) is 15.1 Å². The zero-order valence-corrected chi connectivity index (χ0v) is 22.1. The van der Waals surface area contributed by atoms with Crippen molar-refractivity contribution >= 4 is 40.8 Å². The number of aryl methyl sites for hydroxylation is 1. The van der Waals surface area contributed by atoms with Crippen LogP contribution in [0.1, 0.15) is 51.5 Å². The van der Waals surface area contributed by atoms with Gasteiger partial charge in [0.1, 0.15) is 17.4 Å². The number of urea groups is 2. The SMILES string of the molecule is CNc1cc2c(cn1)CN(c1cc(NC(=O)Nc3cc(C(C)(C)C)on3)c(F)cc1C)C(=O)N2C(C)C. The van der Waals surface area contributed by atoms with Crippen LogP contribution in [-0.2, 0) is 12.0 Å². The standard InChI is InChI=1S/C26H32FN7O3/c1-14(2)34-20-10-22(28-7)29-12-16(20)13-33(25(34)36)19-9-18(17(27)8-15(19)3)30-24(35)31-23-11-21(37-32-23)26(4,5)6/h8-12,14H,13H2,1-7H3,(H,28,29)(H2,30,31,32,35). The van der Waals surface area contributed by atoms with E-state index in [9.17, 15) is 14.0 Å². The fraction of sp³-hybridized carbons (Fsp3) is 0.385. The van der Waals surface area contributed by atoms with Gasteiger partial charge in [0.2, 0.25) is 0 Å². The summed E-state index contributed by atoms with van der Waals surface area (Å²) < 4.78 is 20.2. The summed E-state index contributed by atoms with van der Waals surface area (Å²) in [5.74, 6) is 0.834. The highest BCUT2D eigenvalue weighted by atomic mass is 19.1. The van der Waals surface area contributed by atoms with E-state index in [-0.39, 0.29) is 35.5 Å². The highest BCUT2D eigenvalue weighted by molar-refractivity contribution is 6.07. The van der Waals surface area contributed by atoms with Crippen LogP contribution in [0.4, 0.5) is 42.7 Å². The number of halogens is 1. The van der Waals surface area contributed by atoms with Crippen LogP contribution in [0.5, 0.6) is 0 Å². The number of hydrogen-bond acceptors (Lipinski definition) is 6. The van der Waals surface area contributed by atoms with Crippen LogP contribution < -0.4 is 25.8 Å². The molecular weight excluding hydrogens is 477 g/mol. The van der Waals surface area contributed by atoms with Crippen LogP contribution >= 0.6 is 0 Å². The lowest BCUT2D eigenvalue weighted by Crippen LogP contribution is -2.50. The zero-order chi connectivity index (χ0) is 27.1. The summed E-state index contributed by atoms with van der Waals surface area (Å²) in [5.41, 5.74) is 2.30. The van der Waals surface area contributed by atoms with Gasteiger partial charge in [-0.25, -0.2) is 19.0 Å². The lowest BCUT2D eigenvalue weighted by Gasteiger charge is -2.39. The first kappa shape index (κ1) is 25.9. The van der Waals surface area contributed by atoms with Crippen LogP contribution in [0.25, 0.3) is 0 Å². The Hall–Kier alpha value is -4.15. The Kier molecular flexibility index (Phi) is 6.81. The Labute approximate surface area is 215 Å². The third-order valence-corrected chi connectivity index (χ3v) is 6.07. The van der Waals surface area contributed by atoms with Crippen molar-refractivity contribution in [3.63, 3.8) is 0 Å². The molecule has 0 atom stereocenters. The fourth-order valence-electron chi connectivity index (χ4n) is 4.12. The van der Waals surface area contributed by atoms with E-state index in [2.05, 4.69) is 26.1 Å². The average Bonchev–Trinajstić information content (AvgIpc) is 3.29. The second-order valence-electron chi connectivity index (χ2n) is 10.3. The molecule has 1 aliphatic heterocycles. The fourth-order valence-corrected chi connectivity index (χ4v) is 4.12. The maximum atomic E-state index is 14.9. The maximum absolute atomic E-state index is 14.9. The second kappa shape index (κ2) is 9.72. The zero-order valence-electron chi connectivity index (χ0n) is 22.1. The number of anilines is 5. The molecule has 196 valence electrons. The molecule has 0 radical (unpaired) electrons. The molecule has 1 aliphatic rings. The van der Waals surface area contributed by atoms with E-state index in [1.807, 2.05) is 40.7 Å². The number of pyridine rings is 1. The molecule has 2 aromatic heterocycles. The summed E-state index contributed by atoms with van der Waals surface area (Å²) in [6, 6.07) is 5.14. The molecule has 37 heavy (non-hydrogen) atoms. The molecule has 3 heterocycles. The van der Waals surface area contributed by atoms with Gasteiger partial charge in [-0.1, -0.05) is 25.9 Å². The number of aromatic nitrogens is 2. The summed E-state index contributed by atoms with van der Waals surface area (Å²) in [6.07, 6.45) is 1.73. The average molecular weight is 510 g/mol. The second-order valence-corrected chi connectivity index (χ2v) is 10.3. The van der Waals surface area contributed by atoms with Crippen molar-refractivity contribution < 1.29 is 18.5 Å². The Bertz CT molecular complexity index is 1350. The predicted molar refractivity (Wildman–Crippen MR) is 142 cm³/mol. The quantitative estimate of drug-likeness (QED) is 0.397. The number of fused-ring (bicyclic) bond motifs is 1. The number of nitrogens with zero attached hydrogens (tertiary/aromatic N) is 4. The molecule has 0 fully saturated rings. The molecule has 10 nitrogen and oxygen atoms in total. The predicted octanol–water partition coefficient (Wildman–Crippen LogP) is 5.86. The van der Waals surface area contributed by atoms with E-state index >= 15 is 0 Å². The minimum atomic E-state index is -0.689. The summed E-state index contributed by atoms with van der Waals surface area (Å²) in [4.78, 5) is 33.9. The number of nitrogens with one attached hydrogen (secondary N) is 3. The van der Waals surface area contributed by atoms with Gasteiger partial charge in [0.25, 0.3) is 0 Å². The van der Waals surface area contributed by atoms with E-state index in [0.717, 1.165) is 11.3 Å². The van der Waals surface area contributed by atoms with Gasteiger partial charge < -0.3 is 15.2 Å². The smallest absolute Gasteiger partial charge is 0.329 e. The van der Waals surface area contributed by atoms with Crippen molar-refractivity contribution in [3.05, 3.63) is 53.2 Å². The molecular formula is C26H32FN7O3. The Morgan fingerprint density at radius 1 is 1.11 bits per heavy atom. The Balaban J connectivity index is 1.62. The third kappa shape index (κ3) is 5.20. The molecule has 0 saturated carbocycles. The van der Waals surface area contributed by atoms with Gasteiger partial charge in [0.15, 0.2) is 5.82 Å². The van der Waals surface area contributed by atoms with Gasteiger partial charge in [0.05, 0.1) is 23.6 Å². The van der Waals surface area contributed by atoms with Crippen LogP contribution in [0.3, 0.4) is 0 Å². The molecule has 0 aliphatic carbocycles. The van der Waals surface area contributed by atoms with Crippen molar-refractivity contribution in [1.29, 1.82) is 0 Å². The molecule has 0 unspecified atom stereocenters. The van der Waals surface area contributed by atoms with Crippen LogP contribution in [0.2, 0.25) is 0 Å². The van der Waals surface area contributed by atoms with E-state index in [0.29, 0.717) is 22.8 Å². The van der Waals surface area contributed by atoms with Crippen molar-refractivity contribution in [2.75, 3.05) is 32.8 Å². The van der Waals surface area contributed by atoms with Crippen LogP contribution in [-0.4, -0.2) is 35.3 Å². The number of carbonyl (C=O) groups is 2. The van der Waals surface area contributed by atoms with Gasteiger partial charge in [-0.05, 0) is 38.5 Å². The number of rotatable bonds is 5. The summed E-state index contributed by atoms with van der Waals surface area (Å²) in [7, 11) is 1.77. The van der Waals surface area contributed by atoms with Gasteiger partial charge in [-0.2, -0.15) is 0 Å². The lowest BCUT2D eigenvalue weighted by atomic mass is 9.93. The summed E-state index contributed by atoms with van der Waals surface area (Å²) in [6.45, 7) is 11.7. The first-order chi connectivity index (χ1) is 17.4. The van der Waals surface area contributed by atoms with E-state index in [1.165, 1.54) is 12.1 Å². The Morgan fingerprint density at radius 2 is 1.84 bits per heavy atom. The molecule has 4 amide bonds. The minimum Gasteiger partial charge on any atom is -0.373 e. The van der Waals surface area contributed by atoms with Crippen LogP contribution in [0, 0.1) is 12.7 Å². The van der Waals surface area contributed by atoms with Crippen molar-refractivity contribution in [2.24, 2.45) is 0 Å². The van der Waals surface area contributed by atoms with Crippen molar-refractivity contribution in [1.82, 2.24) is 10.1 Å². The molecule has 0 bridgehead atoms. The molecule has 4 rings (SSSR count). The van der Waals surface area contributed by atoms with Gasteiger partial charge in [0, 0.05) is 42.4 Å². The number of amides is 4. The summed E-state index contributed by atoms with van der Waals surface area (Å²) >= 11 is 0. The normalized spacial score (nSPS) is 13.6. The van der Waals surface area contributed by atoms with E-state index in [4.69, 9.17) is 4.52 Å². The van der Waals surface area contributed by atoms with Gasteiger partial charge in [-0.15, -0.1) is 0 Å². The van der Waals surface area contributed by atoms with E-state index < -0.39 is 11.8 Å². The van der Waals surface area contributed by atoms with Gasteiger partial charge >= 0.3 is 12.1 Å². The maximum Gasteiger partial charge on any atom is 0.329 e. The number of carbonyl (C=O) groups excluding carboxylic acids is 2. The lowest BCUT2D eigenvalue weighted by molar-refractivity contribution is 0.248. The molecule has 11 heteroatoms. The Morgan fingerprint density at radius 3 is 2.46 bits per heavy atom. The number of benzene rings is 1. The first-order valence-electron chi connectivity index (χ1n) is 12.0. The first-order valence-corrected chi connectivity index (χ1v) is 12.0. The van der Waals surface area contributed by atoms with Crippen molar-refractivity contribution in [3.8, 4) is 0 Å². The highest BCUT2D eigenvalue weighted by Crippen LogP contribution is 2.37. The molecule has 0 saturated heterocycles.